The van der Waals surface area contributed by atoms with Gasteiger partial charge in [-0.2, -0.15) is 0 Å². The second kappa shape index (κ2) is 5.77. The fraction of sp³-hybridized carbons (Fsp3) is 0.929. The van der Waals surface area contributed by atoms with Gasteiger partial charge in [0.2, 0.25) is 5.91 Å². The van der Waals surface area contributed by atoms with E-state index in [0.29, 0.717) is 6.04 Å². The first-order chi connectivity index (χ1) is 8.88. The average Bonchev–Trinajstić information content (AvgIpc) is 2.38. The van der Waals surface area contributed by atoms with Crippen molar-refractivity contribution in [2.75, 3.05) is 39.3 Å². The highest BCUT2D eigenvalue weighted by Crippen LogP contribution is 2.16. The van der Waals surface area contributed by atoms with Gasteiger partial charge in [0.25, 0.3) is 0 Å². The maximum absolute atomic E-state index is 12.4. The summed E-state index contributed by atoms with van der Waals surface area (Å²) in [5, 5.41) is 6.70. The Labute approximate surface area is 116 Å². The summed E-state index contributed by atoms with van der Waals surface area (Å²) >= 11 is 0. The monoisotopic (exact) mass is 268 g/mol. The van der Waals surface area contributed by atoms with Crippen molar-refractivity contribution in [3.63, 3.8) is 0 Å². The van der Waals surface area contributed by atoms with Crippen LogP contribution in [0.5, 0.6) is 0 Å². The Morgan fingerprint density at radius 2 is 1.68 bits per heavy atom. The molecule has 5 heteroatoms. The lowest BCUT2D eigenvalue weighted by molar-refractivity contribution is -0.136. The molecule has 0 radical (unpaired) electrons. The highest BCUT2D eigenvalue weighted by Gasteiger charge is 2.32. The van der Waals surface area contributed by atoms with Crippen LogP contribution < -0.4 is 10.6 Å². The zero-order valence-electron chi connectivity index (χ0n) is 12.7. The molecule has 2 N–H and O–H groups in total. The standard InChI is InChI=1S/C14H28N4O/c1-11-9-16-12(10-15-11)13(19)17-5-7-18(8-6-17)14(2,3)4/h11-12,15-16H,5-10H2,1-4H3. The van der Waals surface area contributed by atoms with Crippen molar-refractivity contribution in [3.05, 3.63) is 0 Å². The van der Waals surface area contributed by atoms with Crippen LogP contribution in [-0.2, 0) is 4.79 Å². The fourth-order valence-corrected chi connectivity index (χ4v) is 2.78. The summed E-state index contributed by atoms with van der Waals surface area (Å²) in [5.41, 5.74) is 0.204. The first-order valence-corrected chi connectivity index (χ1v) is 7.38. The average molecular weight is 268 g/mol. The molecule has 0 aliphatic carbocycles. The van der Waals surface area contributed by atoms with Crippen LogP contribution in [0.2, 0.25) is 0 Å². The summed E-state index contributed by atoms with van der Waals surface area (Å²) in [6.45, 7) is 14.1. The van der Waals surface area contributed by atoms with Gasteiger partial charge in [-0.3, -0.25) is 9.69 Å². The molecule has 0 aromatic rings. The van der Waals surface area contributed by atoms with Crippen LogP contribution in [0.4, 0.5) is 0 Å². The molecule has 5 nitrogen and oxygen atoms in total. The van der Waals surface area contributed by atoms with Crippen molar-refractivity contribution >= 4 is 5.91 Å². The topological polar surface area (TPSA) is 47.6 Å². The van der Waals surface area contributed by atoms with E-state index in [0.717, 1.165) is 39.3 Å². The number of hydrogen-bond acceptors (Lipinski definition) is 4. The van der Waals surface area contributed by atoms with Gasteiger partial charge in [0.05, 0.1) is 6.04 Å². The van der Waals surface area contributed by atoms with E-state index in [-0.39, 0.29) is 17.5 Å². The van der Waals surface area contributed by atoms with Gasteiger partial charge in [0, 0.05) is 50.8 Å². The third-order valence-electron chi connectivity index (χ3n) is 4.18. The smallest absolute Gasteiger partial charge is 0.241 e. The van der Waals surface area contributed by atoms with Crippen LogP contribution in [0.15, 0.2) is 0 Å². The van der Waals surface area contributed by atoms with E-state index in [4.69, 9.17) is 0 Å². The molecule has 2 atom stereocenters. The number of amides is 1. The summed E-state index contributed by atoms with van der Waals surface area (Å²) in [6, 6.07) is 0.416. The molecular weight excluding hydrogens is 240 g/mol. The second-order valence-electron chi connectivity index (χ2n) is 6.75. The van der Waals surface area contributed by atoms with Crippen LogP contribution in [-0.4, -0.2) is 72.6 Å². The van der Waals surface area contributed by atoms with Crippen LogP contribution in [0.25, 0.3) is 0 Å². The summed E-state index contributed by atoms with van der Waals surface area (Å²) < 4.78 is 0. The Balaban J connectivity index is 1.82. The van der Waals surface area contributed by atoms with E-state index in [9.17, 15) is 4.79 Å². The molecule has 2 fully saturated rings. The first-order valence-electron chi connectivity index (χ1n) is 7.38. The lowest BCUT2D eigenvalue weighted by Gasteiger charge is -2.43. The predicted molar refractivity (Wildman–Crippen MR) is 77.2 cm³/mol. The van der Waals surface area contributed by atoms with Crippen molar-refractivity contribution in [3.8, 4) is 0 Å². The van der Waals surface area contributed by atoms with Crippen molar-refractivity contribution in [1.82, 2.24) is 20.4 Å². The van der Waals surface area contributed by atoms with Crippen LogP contribution in [0, 0.1) is 0 Å². The van der Waals surface area contributed by atoms with Crippen molar-refractivity contribution in [2.24, 2.45) is 0 Å². The van der Waals surface area contributed by atoms with Gasteiger partial charge < -0.3 is 15.5 Å². The molecule has 2 saturated heterocycles. The number of hydrogen-bond donors (Lipinski definition) is 2. The molecule has 2 heterocycles. The molecule has 0 bridgehead atoms. The van der Waals surface area contributed by atoms with E-state index < -0.39 is 0 Å². The minimum atomic E-state index is -0.0441. The number of nitrogens with zero attached hydrogens (tertiary/aromatic N) is 2. The SMILES string of the molecule is CC1CNC(C(=O)N2CCN(C(C)(C)C)CC2)CN1. The zero-order chi connectivity index (χ0) is 14.0. The van der Waals surface area contributed by atoms with Crippen LogP contribution in [0.3, 0.4) is 0 Å². The van der Waals surface area contributed by atoms with E-state index in [2.05, 4.69) is 43.2 Å². The third-order valence-corrected chi connectivity index (χ3v) is 4.18. The number of rotatable bonds is 1. The minimum Gasteiger partial charge on any atom is -0.339 e. The van der Waals surface area contributed by atoms with E-state index in [1.54, 1.807) is 0 Å². The fourth-order valence-electron chi connectivity index (χ4n) is 2.78. The molecule has 0 saturated carbocycles. The number of nitrogens with one attached hydrogen (secondary N) is 2. The Morgan fingerprint density at radius 1 is 1.05 bits per heavy atom. The molecule has 0 aromatic carbocycles. The van der Waals surface area contributed by atoms with E-state index in [1.807, 2.05) is 4.90 Å². The normalized spacial score (nSPS) is 30.4. The second-order valence-corrected chi connectivity index (χ2v) is 6.75. The lowest BCUT2D eigenvalue weighted by atomic mass is 10.0. The number of carbonyl (C=O) groups is 1. The van der Waals surface area contributed by atoms with Crippen molar-refractivity contribution in [2.45, 2.75) is 45.3 Å². The maximum Gasteiger partial charge on any atom is 0.241 e. The Kier molecular flexibility index (Phi) is 4.48. The lowest BCUT2D eigenvalue weighted by Crippen LogP contribution is -2.62. The zero-order valence-corrected chi connectivity index (χ0v) is 12.7. The van der Waals surface area contributed by atoms with Gasteiger partial charge in [-0.15, -0.1) is 0 Å². The van der Waals surface area contributed by atoms with Crippen molar-refractivity contribution in [1.29, 1.82) is 0 Å². The van der Waals surface area contributed by atoms with Gasteiger partial charge in [-0.25, -0.2) is 0 Å². The van der Waals surface area contributed by atoms with Gasteiger partial charge in [0.1, 0.15) is 0 Å². The van der Waals surface area contributed by atoms with Gasteiger partial charge in [-0.05, 0) is 27.7 Å². The molecule has 2 rings (SSSR count). The molecule has 2 aliphatic rings. The van der Waals surface area contributed by atoms with Crippen LogP contribution >= 0.6 is 0 Å². The molecule has 0 aromatic heterocycles. The van der Waals surface area contributed by atoms with Crippen LogP contribution in [0.1, 0.15) is 27.7 Å². The predicted octanol–water partition coefficient (Wildman–Crippen LogP) is -0.121. The summed E-state index contributed by atoms with van der Waals surface area (Å²) in [4.78, 5) is 16.9. The molecule has 19 heavy (non-hydrogen) atoms. The Hall–Kier alpha value is -0.650. The highest BCUT2D eigenvalue weighted by atomic mass is 16.2. The molecule has 110 valence electrons. The maximum atomic E-state index is 12.4. The molecule has 2 aliphatic heterocycles. The molecule has 2 unspecified atom stereocenters. The number of piperazine rings is 2. The summed E-state index contributed by atoms with van der Waals surface area (Å²) in [5.74, 6) is 0.257. The third kappa shape index (κ3) is 3.68. The van der Waals surface area contributed by atoms with Gasteiger partial charge in [0.15, 0.2) is 0 Å². The Morgan fingerprint density at radius 3 is 2.16 bits per heavy atom. The highest BCUT2D eigenvalue weighted by molar-refractivity contribution is 5.82. The van der Waals surface area contributed by atoms with E-state index >= 15 is 0 Å². The summed E-state index contributed by atoms with van der Waals surface area (Å²) in [6.07, 6.45) is 0. The van der Waals surface area contributed by atoms with Crippen molar-refractivity contribution < 1.29 is 4.79 Å². The van der Waals surface area contributed by atoms with Gasteiger partial charge in [-0.1, -0.05) is 0 Å². The quantitative estimate of drug-likeness (QED) is 0.696. The molecular formula is C14H28N4O. The summed E-state index contributed by atoms with van der Waals surface area (Å²) in [7, 11) is 0. The van der Waals surface area contributed by atoms with E-state index in [1.165, 1.54) is 0 Å². The largest absolute Gasteiger partial charge is 0.339 e. The number of carbonyl (C=O) groups excluding carboxylic acids is 1. The molecule has 0 spiro atoms. The molecule has 1 amide bonds. The first kappa shape index (κ1) is 14.8. The Bertz CT molecular complexity index is 310. The minimum absolute atomic E-state index is 0.0441. The van der Waals surface area contributed by atoms with Gasteiger partial charge >= 0.3 is 0 Å².